The number of carboxylic acid groups (broad SMARTS) is 1. The number of hydrogen-bond donors (Lipinski definition) is 1. The van der Waals surface area contributed by atoms with Crippen LogP contribution in [0.1, 0.15) is 64.2 Å². The van der Waals surface area contributed by atoms with Gasteiger partial charge in [-0.1, -0.05) is 42.5 Å². The summed E-state index contributed by atoms with van der Waals surface area (Å²) in [4.78, 5) is 13.9. The molecule has 1 unspecified atom stereocenters. The van der Waals surface area contributed by atoms with Crippen molar-refractivity contribution in [1.29, 1.82) is 0 Å². The molecule has 1 aromatic carbocycles. The highest BCUT2D eigenvalue weighted by Crippen LogP contribution is 2.38. The average Bonchev–Trinajstić information content (AvgIpc) is 3.36. The molecule has 3 fully saturated rings. The Morgan fingerprint density at radius 3 is 2.09 bits per heavy atom. The van der Waals surface area contributed by atoms with E-state index in [1.807, 2.05) is 0 Å². The Kier molecular flexibility index (Phi) is 11.3. The number of rotatable bonds is 10. The Morgan fingerprint density at radius 2 is 1.52 bits per heavy atom. The van der Waals surface area contributed by atoms with Crippen molar-refractivity contribution in [2.24, 2.45) is 11.8 Å². The van der Waals surface area contributed by atoms with Crippen molar-refractivity contribution in [2.45, 2.75) is 79.4 Å². The van der Waals surface area contributed by atoms with E-state index >= 15 is 0 Å². The van der Waals surface area contributed by atoms with Crippen molar-refractivity contribution in [3.8, 4) is 0 Å². The highest BCUT2D eigenvalue weighted by molar-refractivity contribution is 9.10. The van der Waals surface area contributed by atoms with Crippen LogP contribution in [0.3, 0.4) is 0 Å². The number of benzene rings is 1. The Labute approximate surface area is 282 Å². The second-order valence-electron chi connectivity index (χ2n) is 12.0. The first-order valence-electron chi connectivity index (χ1n) is 15.1. The number of aliphatic carboxylic acids is 1. The number of thiophene rings is 1. The van der Waals surface area contributed by atoms with Crippen LogP contribution in [-0.4, -0.2) is 75.3 Å². The van der Waals surface area contributed by atoms with Crippen LogP contribution in [0.4, 0.5) is 5.69 Å². The van der Waals surface area contributed by atoms with E-state index in [0.717, 1.165) is 79.4 Å². The van der Waals surface area contributed by atoms with Gasteiger partial charge in [-0.3, -0.25) is 4.79 Å². The number of nitrogens with zero attached hydrogens (tertiary/aromatic N) is 3. The third-order valence-corrected chi connectivity index (χ3v) is 16.3. The minimum Gasteiger partial charge on any atom is -0.480 e. The van der Waals surface area contributed by atoms with Crippen LogP contribution in [0, 0.1) is 11.8 Å². The van der Waals surface area contributed by atoms with E-state index in [1.165, 1.54) is 6.07 Å². The van der Waals surface area contributed by atoms with Crippen LogP contribution in [0.5, 0.6) is 0 Å². The largest absolute Gasteiger partial charge is 0.480 e. The molecule has 3 aliphatic rings. The van der Waals surface area contributed by atoms with Crippen molar-refractivity contribution in [3.05, 3.63) is 38.1 Å². The third-order valence-electron chi connectivity index (χ3n) is 9.23. The first-order chi connectivity index (χ1) is 20.9. The summed E-state index contributed by atoms with van der Waals surface area (Å²) in [6.07, 6.45) is 8.80. The first-order valence-corrected chi connectivity index (χ1v) is 20.4. The molecule has 0 bridgehead atoms. The van der Waals surface area contributed by atoms with Gasteiger partial charge in [0.05, 0.1) is 15.6 Å². The molecule has 0 saturated carbocycles. The van der Waals surface area contributed by atoms with E-state index in [-0.39, 0.29) is 15.6 Å². The molecule has 2 aromatic rings. The lowest BCUT2D eigenvalue weighted by Gasteiger charge is -2.35. The topological polar surface area (TPSA) is 115 Å². The summed E-state index contributed by atoms with van der Waals surface area (Å²) < 4.78 is 56.6. The smallest absolute Gasteiger partial charge is 0.322 e. The van der Waals surface area contributed by atoms with Gasteiger partial charge in [0, 0.05) is 37.2 Å². The van der Waals surface area contributed by atoms with Crippen molar-refractivity contribution in [2.75, 3.05) is 37.6 Å². The summed E-state index contributed by atoms with van der Waals surface area (Å²) in [6.45, 7) is 2.94. The van der Waals surface area contributed by atoms with Gasteiger partial charge in [0.2, 0.25) is 10.0 Å². The summed E-state index contributed by atoms with van der Waals surface area (Å²) >= 11 is 17.1. The molecule has 15 heteroatoms. The molecular weight excluding hydrogens is 733 g/mol. The summed E-state index contributed by atoms with van der Waals surface area (Å²) in [5, 5.41) is 9.90. The van der Waals surface area contributed by atoms with Crippen molar-refractivity contribution >= 4 is 82.2 Å². The highest BCUT2D eigenvalue weighted by atomic mass is 79.9. The molecular formula is C29H38BrCl2N3O6S3. The second kappa shape index (κ2) is 14.5. The SMILES string of the molecule is O=C(O)C1CCCCN1S(=O)(=O)c1ccc(N2CCC(CCCC3CCN(S(=O)(=O)c4cc(Br)c(Cl)s4)CC3)CC2)c(Cl)c1. The fraction of sp³-hybridized carbons (Fsp3) is 0.621. The molecule has 244 valence electrons. The summed E-state index contributed by atoms with van der Waals surface area (Å²) in [5.74, 6) is 0.0213. The van der Waals surface area contributed by atoms with Crippen molar-refractivity contribution in [1.82, 2.24) is 8.61 Å². The zero-order valence-corrected chi connectivity index (χ0v) is 29.9. The quantitative estimate of drug-likeness (QED) is 0.279. The molecule has 3 aliphatic heterocycles. The van der Waals surface area contributed by atoms with Gasteiger partial charge < -0.3 is 10.0 Å². The van der Waals surface area contributed by atoms with Gasteiger partial charge in [0.25, 0.3) is 10.0 Å². The minimum atomic E-state index is -3.97. The second-order valence-corrected chi connectivity index (χ2v) is 18.9. The maximum Gasteiger partial charge on any atom is 0.322 e. The van der Waals surface area contributed by atoms with E-state index < -0.39 is 32.1 Å². The molecule has 1 N–H and O–H groups in total. The summed E-state index contributed by atoms with van der Waals surface area (Å²) in [6, 6.07) is 5.28. The van der Waals surface area contributed by atoms with E-state index in [9.17, 15) is 26.7 Å². The Bertz CT molecular complexity index is 1540. The Hall–Kier alpha value is -0.930. The van der Waals surface area contributed by atoms with Gasteiger partial charge in [0.15, 0.2) is 0 Å². The van der Waals surface area contributed by atoms with Gasteiger partial charge >= 0.3 is 5.97 Å². The third kappa shape index (κ3) is 7.61. The molecule has 1 aromatic heterocycles. The van der Waals surface area contributed by atoms with Gasteiger partial charge in [0.1, 0.15) is 14.6 Å². The standard InChI is InChI=1S/C29H38BrCl2N3O6S3/c30-23-19-27(42-28(23)32)44(40,41)34-16-11-21(12-17-34)5-3-4-20-9-14-33(15-10-20)25-8-7-22(18-24(25)31)43(38,39)35-13-2-1-6-26(35)29(36)37/h7-8,18-21,26H,1-6,9-17H2,(H,36,37). The van der Waals surface area contributed by atoms with Crippen LogP contribution in [0.15, 0.2) is 37.8 Å². The number of piperidine rings is 3. The molecule has 0 spiro atoms. The van der Waals surface area contributed by atoms with E-state index in [2.05, 4.69) is 20.8 Å². The minimum absolute atomic E-state index is 0.0294. The highest BCUT2D eigenvalue weighted by Gasteiger charge is 2.38. The van der Waals surface area contributed by atoms with E-state index in [0.29, 0.717) is 58.0 Å². The van der Waals surface area contributed by atoms with Gasteiger partial charge in [-0.2, -0.15) is 8.61 Å². The molecule has 3 saturated heterocycles. The Balaban J connectivity index is 1.07. The molecule has 9 nitrogen and oxygen atoms in total. The molecule has 0 aliphatic carbocycles. The normalized spacial score (nSPS) is 22.0. The zero-order valence-electron chi connectivity index (χ0n) is 24.3. The van der Waals surface area contributed by atoms with Gasteiger partial charge in [-0.25, -0.2) is 16.8 Å². The average molecular weight is 772 g/mol. The first kappa shape index (κ1) is 34.4. The molecule has 0 radical (unpaired) electrons. The number of hydrogen-bond acceptors (Lipinski definition) is 7. The fourth-order valence-corrected chi connectivity index (χ4v) is 12.6. The molecule has 0 amide bonds. The molecule has 44 heavy (non-hydrogen) atoms. The van der Waals surface area contributed by atoms with Crippen LogP contribution in [0.25, 0.3) is 0 Å². The molecule has 4 heterocycles. The van der Waals surface area contributed by atoms with Crippen molar-refractivity contribution < 1.29 is 26.7 Å². The van der Waals surface area contributed by atoms with Crippen LogP contribution >= 0.6 is 50.5 Å². The summed E-state index contributed by atoms with van der Waals surface area (Å²) in [7, 11) is -7.47. The van der Waals surface area contributed by atoms with E-state index in [4.69, 9.17) is 23.2 Å². The molecule has 1 atom stereocenters. The van der Waals surface area contributed by atoms with E-state index in [1.54, 1.807) is 22.5 Å². The lowest BCUT2D eigenvalue weighted by atomic mass is 9.87. The molecule has 5 rings (SSSR count). The summed E-state index contributed by atoms with van der Waals surface area (Å²) in [5.41, 5.74) is 0.802. The van der Waals surface area contributed by atoms with Gasteiger partial charge in [-0.15, -0.1) is 11.3 Å². The van der Waals surface area contributed by atoms with Crippen molar-refractivity contribution in [3.63, 3.8) is 0 Å². The van der Waals surface area contributed by atoms with Crippen LogP contribution in [-0.2, 0) is 24.8 Å². The Morgan fingerprint density at radius 1 is 0.886 bits per heavy atom. The maximum atomic E-state index is 13.3. The zero-order chi connectivity index (χ0) is 31.6. The van der Waals surface area contributed by atoms with Crippen LogP contribution in [0.2, 0.25) is 9.36 Å². The number of halogens is 3. The predicted molar refractivity (Wildman–Crippen MR) is 178 cm³/mol. The number of anilines is 1. The number of carbonyl (C=O) groups is 1. The lowest BCUT2D eigenvalue weighted by Crippen LogP contribution is -2.47. The predicted octanol–water partition coefficient (Wildman–Crippen LogP) is 6.93. The monoisotopic (exact) mass is 769 g/mol. The lowest BCUT2D eigenvalue weighted by molar-refractivity contribution is -0.142. The number of carboxylic acids is 1. The number of sulfonamides is 2. The maximum absolute atomic E-state index is 13.3. The van der Waals surface area contributed by atoms with Crippen LogP contribution < -0.4 is 4.90 Å². The van der Waals surface area contributed by atoms with Gasteiger partial charge in [-0.05, 0) is 97.0 Å². The fourth-order valence-electron chi connectivity index (χ4n) is 6.66.